The van der Waals surface area contributed by atoms with Gasteiger partial charge in [-0.15, -0.1) is 5.10 Å². The van der Waals surface area contributed by atoms with E-state index in [-0.39, 0.29) is 11.3 Å². The fourth-order valence-electron chi connectivity index (χ4n) is 3.58. The molecule has 1 amide bonds. The minimum Gasteiger partial charge on any atom is -0.273 e. The number of nitrogens with zero attached hydrogens (tertiary/aromatic N) is 3. The SMILES string of the molecule is CC1CC(=NN=C2SCC(=O)N2c2ccc(Cl)cc2)CC(C)(C)C1. The van der Waals surface area contributed by atoms with Crippen molar-refractivity contribution in [1.82, 2.24) is 0 Å². The van der Waals surface area contributed by atoms with Crippen molar-refractivity contribution in [3.05, 3.63) is 29.3 Å². The zero-order valence-electron chi connectivity index (χ0n) is 14.3. The minimum absolute atomic E-state index is 0.0265. The number of carbonyl (C=O) groups is 1. The van der Waals surface area contributed by atoms with Crippen molar-refractivity contribution < 1.29 is 4.79 Å². The molecule has 1 aliphatic carbocycles. The lowest BCUT2D eigenvalue weighted by atomic mass is 9.72. The van der Waals surface area contributed by atoms with Crippen LogP contribution in [0.4, 0.5) is 5.69 Å². The fraction of sp³-hybridized carbons (Fsp3) is 0.500. The Balaban J connectivity index is 1.84. The average Bonchev–Trinajstić information content (AvgIpc) is 2.85. The number of benzene rings is 1. The van der Waals surface area contributed by atoms with Crippen LogP contribution in [0.25, 0.3) is 0 Å². The molecule has 1 aromatic rings. The van der Waals surface area contributed by atoms with Crippen LogP contribution < -0.4 is 4.90 Å². The Kier molecular flexibility index (Phi) is 5.02. The van der Waals surface area contributed by atoms with Crippen molar-refractivity contribution in [2.45, 2.75) is 40.0 Å². The number of thioether (sulfide) groups is 1. The summed E-state index contributed by atoms with van der Waals surface area (Å²) >= 11 is 7.37. The highest BCUT2D eigenvalue weighted by molar-refractivity contribution is 8.15. The first-order chi connectivity index (χ1) is 11.3. The van der Waals surface area contributed by atoms with E-state index in [0.29, 0.717) is 21.9 Å². The maximum Gasteiger partial charge on any atom is 0.243 e. The van der Waals surface area contributed by atoms with Crippen LogP contribution in [0.3, 0.4) is 0 Å². The van der Waals surface area contributed by atoms with Gasteiger partial charge in [0, 0.05) is 10.7 Å². The molecule has 1 saturated carbocycles. The molecule has 0 aromatic heterocycles. The third-order valence-corrected chi connectivity index (χ3v) is 5.46. The minimum atomic E-state index is 0.0265. The lowest BCUT2D eigenvalue weighted by molar-refractivity contribution is -0.115. The highest BCUT2D eigenvalue weighted by Gasteiger charge is 2.31. The number of anilines is 1. The molecule has 1 aliphatic heterocycles. The summed E-state index contributed by atoms with van der Waals surface area (Å²) in [5, 5.41) is 10.2. The maximum atomic E-state index is 12.2. The van der Waals surface area contributed by atoms with Crippen LogP contribution in [0, 0.1) is 11.3 Å². The van der Waals surface area contributed by atoms with E-state index in [2.05, 4.69) is 31.0 Å². The molecule has 4 nitrogen and oxygen atoms in total. The zero-order valence-corrected chi connectivity index (χ0v) is 15.8. The molecule has 128 valence electrons. The van der Waals surface area contributed by atoms with Gasteiger partial charge in [-0.1, -0.05) is 44.1 Å². The smallest absolute Gasteiger partial charge is 0.243 e. The summed E-state index contributed by atoms with van der Waals surface area (Å²) in [4.78, 5) is 13.8. The van der Waals surface area contributed by atoms with Crippen molar-refractivity contribution >= 4 is 45.8 Å². The van der Waals surface area contributed by atoms with Gasteiger partial charge in [0.1, 0.15) is 0 Å². The molecule has 2 aliphatic rings. The van der Waals surface area contributed by atoms with E-state index >= 15 is 0 Å². The first-order valence-corrected chi connectivity index (χ1v) is 9.55. The van der Waals surface area contributed by atoms with E-state index in [9.17, 15) is 4.79 Å². The van der Waals surface area contributed by atoms with Gasteiger partial charge in [-0.05, 0) is 54.9 Å². The van der Waals surface area contributed by atoms with Gasteiger partial charge in [0.25, 0.3) is 0 Å². The van der Waals surface area contributed by atoms with E-state index in [0.717, 1.165) is 24.2 Å². The van der Waals surface area contributed by atoms with Gasteiger partial charge in [-0.3, -0.25) is 9.69 Å². The Morgan fingerprint density at radius 3 is 2.62 bits per heavy atom. The summed E-state index contributed by atoms with van der Waals surface area (Å²) in [6.45, 7) is 6.82. The molecule has 1 saturated heterocycles. The van der Waals surface area contributed by atoms with Crippen molar-refractivity contribution in [3.8, 4) is 0 Å². The molecule has 0 bridgehead atoms. The summed E-state index contributed by atoms with van der Waals surface area (Å²) in [7, 11) is 0. The summed E-state index contributed by atoms with van der Waals surface area (Å²) < 4.78 is 0. The second kappa shape index (κ2) is 6.89. The average molecular weight is 364 g/mol. The van der Waals surface area contributed by atoms with Crippen LogP contribution in [-0.2, 0) is 4.79 Å². The summed E-state index contributed by atoms with van der Waals surface area (Å²) in [6, 6.07) is 7.23. The fourth-order valence-corrected chi connectivity index (χ4v) is 4.53. The standard InChI is InChI=1S/C18H22ClN3OS/c1-12-8-14(10-18(2,3)9-12)20-21-17-22(16(23)11-24-17)15-6-4-13(19)5-7-15/h4-7,12H,8-11H2,1-3H3. The van der Waals surface area contributed by atoms with E-state index in [4.69, 9.17) is 11.6 Å². The molecule has 6 heteroatoms. The predicted molar refractivity (Wildman–Crippen MR) is 103 cm³/mol. The van der Waals surface area contributed by atoms with E-state index < -0.39 is 0 Å². The Morgan fingerprint density at radius 1 is 1.25 bits per heavy atom. The highest BCUT2D eigenvalue weighted by atomic mass is 35.5. The first kappa shape index (κ1) is 17.5. The lowest BCUT2D eigenvalue weighted by Crippen LogP contribution is -2.29. The van der Waals surface area contributed by atoms with Crippen LogP contribution in [0.5, 0.6) is 0 Å². The lowest BCUT2D eigenvalue weighted by Gasteiger charge is -2.34. The predicted octanol–water partition coefficient (Wildman–Crippen LogP) is 4.98. The van der Waals surface area contributed by atoms with Crippen molar-refractivity contribution in [2.24, 2.45) is 21.5 Å². The normalized spacial score (nSPS) is 27.2. The molecule has 24 heavy (non-hydrogen) atoms. The van der Waals surface area contributed by atoms with Crippen LogP contribution >= 0.6 is 23.4 Å². The number of halogens is 1. The largest absolute Gasteiger partial charge is 0.273 e. The molecular formula is C18H22ClN3OS. The monoisotopic (exact) mass is 363 g/mol. The molecule has 3 rings (SSSR count). The van der Waals surface area contributed by atoms with Crippen LogP contribution in [0.1, 0.15) is 40.0 Å². The third-order valence-electron chi connectivity index (χ3n) is 4.29. The van der Waals surface area contributed by atoms with Gasteiger partial charge in [-0.25, -0.2) is 0 Å². The number of carbonyl (C=O) groups excluding carboxylic acids is 1. The van der Waals surface area contributed by atoms with E-state index in [1.54, 1.807) is 17.0 Å². The van der Waals surface area contributed by atoms with Gasteiger partial charge >= 0.3 is 0 Å². The van der Waals surface area contributed by atoms with Gasteiger partial charge in [0.2, 0.25) is 5.91 Å². The van der Waals surface area contributed by atoms with Crippen LogP contribution in [0.15, 0.2) is 34.5 Å². The van der Waals surface area contributed by atoms with Crippen molar-refractivity contribution in [1.29, 1.82) is 0 Å². The topological polar surface area (TPSA) is 45.0 Å². The highest BCUT2D eigenvalue weighted by Crippen LogP contribution is 2.37. The van der Waals surface area contributed by atoms with Gasteiger partial charge in [-0.2, -0.15) is 5.10 Å². The molecule has 0 radical (unpaired) electrons. The summed E-state index contributed by atoms with van der Waals surface area (Å²) in [6.07, 6.45) is 3.17. The molecule has 1 aromatic carbocycles. The Hall–Kier alpha value is -1.33. The van der Waals surface area contributed by atoms with E-state index in [1.807, 2.05) is 12.1 Å². The number of amidine groups is 1. The summed E-state index contributed by atoms with van der Waals surface area (Å²) in [5.74, 6) is 1.05. The Bertz CT molecular complexity index is 697. The number of amides is 1. The van der Waals surface area contributed by atoms with E-state index in [1.165, 1.54) is 18.2 Å². The second-order valence-electron chi connectivity index (χ2n) is 7.40. The Morgan fingerprint density at radius 2 is 1.96 bits per heavy atom. The summed E-state index contributed by atoms with van der Waals surface area (Å²) in [5.41, 5.74) is 2.18. The molecule has 1 atom stereocenters. The van der Waals surface area contributed by atoms with Gasteiger partial charge in [0.05, 0.1) is 11.4 Å². The first-order valence-electron chi connectivity index (χ1n) is 8.19. The molecule has 0 N–H and O–H groups in total. The molecule has 1 heterocycles. The molecule has 0 spiro atoms. The molecular weight excluding hydrogens is 342 g/mol. The zero-order chi connectivity index (χ0) is 17.3. The second-order valence-corrected chi connectivity index (χ2v) is 8.78. The van der Waals surface area contributed by atoms with Crippen molar-refractivity contribution in [3.63, 3.8) is 0 Å². The maximum absolute atomic E-state index is 12.2. The van der Waals surface area contributed by atoms with Gasteiger partial charge < -0.3 is 0 Å². The molecule has 1 unspecified atom stereocenters. The van der Waals surface area contributed by atoms with Gasteiger partial charge in [0.15, 0.2) is 5.17 Å². The Labute approximate surface area is 152 Å². The quantitative estimate of drug-likeness (QED) is 0.695. The van der Waals surface area contributed by atoms with Crippen LogP contribution in [0.2, 0.25) is 5.02 Å². The van der Waals surface area contributed by atoms with Crippen molar-refractivity contribution in [2.75, 3.05) is 10.7 Å². The number of hydrogen-bond donors (Lipinski definition) is 0. The number of rotatable bonds is 2. The molecule has 2 fully saturated rings. The number of hydrogen-bond acceptors (Lipinski definition) is 4. The third kappa shape index (κ3) is 4.01. The van der Waals surface area contributed by atoms with Crippen LogP contribution in [-0.4, -0.2) is 22.5 Å².